The first kappa shape index (κ1) is 21.3. The number of hydrogen-bond acceptors (Lipinski definition) is 4. The van der Waals surface area contributed by atoms with Crippen LogP contribution in [-0.4, -0.2) is 47.0 Å². The number of amides is 1. The SMILES string of the molecule is O=C(c1ccc(F)cc1)N1CCN(c2nc(Cc3ccccc3)nc3cc(Cl)ccc23)CC1. The smallest absolute Gasteiger partial charge is 0.253 e. The van der Waals surface area contributed by atoms with Crippen LogP contribution in [0.4, 0.5) is 10.2 Å². The highest BCUT2D eigenvalue weighted by molar-refractivity contribution is 6.31. The Morgan fingerprint density at radius 1 is 0.909 bits per heavy atom. The second-order valence-corrected chi connectivity index (χ2v) is 8.51. The first-order valence-electron chi connectivity index (χ1n) is 10.9. The lowest BCUT2D eigenvalue weighted by Crippen LogP contribution is -2.49. The van der Waals surface area contributed by atoms with Crippen molar-refractivity contribution in [3.63, 3.8) is 0 Å². The lowest BCUT2D eigenvalue weighted by atomic mass is 10.1. The maximum Gasteiger partial charge on any atom is 0.253 e. The Kier molecular flexibility index (Phi) is 5.92. The predicted molar refractivity (Wildman–Crippen MR) is 128 cm³/mol. The van der Waals surface area contributed by atoms with Crippen LogP contribution in [0.5, 0.6) is 0 Å². The van der Waals surface area contributed by atoms with Gasteiger partial charge >= 0.3 is 0 Å². The molecule has 4 aromatic rings. The average molecular weight is 461 g/mol. The lowest BCUT2D eigenvalue weighted by Gasteiger charge is -2.36. The van der Waals surface area contributed by atoms with Crippen LogP contribution >= 0.6 is 11.6 Å². The van der Waals surface area contributed by atoms with Crippen LogP contribution in [-0.2, 0) is 6.42 Å². The highest BCUT2D eigenvalue weighted by Crippen LogP contribution is 2.28. The molecule has 3 aromatic carbocycles. The van der Waals surface area contributed by atoms with E-state index in [-0.39, 0.29) is 11.7 Å². The van der Waals surface area contributed by atoms with Crippen molar-refractivity contribution in [1.29, 1.82) is 0 Å². The largest absolute Gasteiger partial charge is 0.352 e. The van der Waals surface area contributed by atoms with Gasteiger partial charge in [0.2, 0.25) is 0 Å². The number of carbonyl (C=O) groups excluding carboxylic acids is 1. The van der Waals surface area contributed by atoms with Gasteiger partial charge in [0.05, 0.1) is 5.52 Å². The molecule has 0 atom stereocenters. The maximum absolute atomic E-state index is 13.2. The van der Waals surface area contributed by atoms with E-state index in [0.717, 1.165) is 28.1 Å². The van der Waals surface area contributed by atoms with Gasteiger partial charge in [-0.1, -0.05) is 41.9 Å². The van der Waals surface area contributed by atoms with E-state index in [0.29, 0.717) is 43.2 Å². The van der Waals surface area contributed by atoms with E-state index < -0.39 is 0 Å². The molecular formula is C26H22ClFN4O. The molecule has 0 spiro atoms. The second-order valence-electron chi connectivity index (χ2n) is 8.07. The summed E-state index contributed by atoms with van der Waals surface area (Å²) in [6.45, 7) is 2.41. The molecule has 166 valence electrons. The van der Waals surface area contributed by atoms with Crippen LogP contribution in [0.25, 0.3) is 10.9 Å². The summed E-state index contributed by atoms with van der Waals surface area (Å²) in [5.41, 5.74) is 2.44. The third-order valence-corrected chi connectivity index (χ3v) is 6.08. The van der Waals surface area contributed by atoms with Crippen LogP contribution in [0.15, 0.2) is 72.8 Å². The summed E-state index contributed by atoms with van der Waals surface area (Å²) in [4.78, 5) is 26.5. The average Bonchev–Trinajstić information content (AvgIpc) is 2.84. The number of carbonyl (C=O) groups is 1. The van der Waals surface area contributed by atoms with Gasteiger partial charge in [0.1, 0.15) is 17.5 Å². The fourth-order valence-electron chi connectivity index (χ4n) is 4.13. The fourth-order valence-corrected chi connectivity index (χ4v) is 4.29. The van der Waals surface area contributed by atoms with Crippen LogP contribution in [0.3, 0.4) is 0 Å². The molecule has 0 unspecified atom stereocenters. The van der Waals surface area contributed by atoms with Crippen molar-refractivity contribution >= 4 is 34.2 Å². The van der Waals surface area contributed by atoms with Crippen molar-refractivity contribution in [3.05, 3.63) is 101 Å². The molecule has 1 aliphatic heterocycles. The molecule has 2 heterocycles. The monoisotopic (exact) mass is 460 g/mol. The van der Waals surface area contributed by atoms with Crippen molar-refractivity contribution < 1.29 is 9.18 Å². The van der Waals surface area contributed by atoms with E-state index in [1.165, 1.54) is 24.3 Å². The topological polar surface area (TPSA) is 49.3 Å². The number of anilines is 1. The van der Waals surface area contributed by atoms with Crippen LogP contribution in [0.2, 0.25) is 5.02 Å². The fraction of sp³-hybridized carbons (Fsp3) is 0.192. The summed E-state index contributed by atoms with van der Waals surface area (Å²) in [6.07, 6.45) is 0.624. The molecule has 7 heteroatoms. The predicted octanol–water partition coefficient (Wildman–Crippen LogP) is 4.98. The molecule has 0 bridgehead atoms. The molecule has 0 saturated carbocycles. The van der Waals surface area contributed by atoms with E-state index in [1.54, 1.807) is 4.90 Å². The Balaban J connectivity index is 1.40. The Labute approximate surface area is 196 Å². The lowest BCUT2D eigenvalue weighted by molar-refractivity contribution is 0.0746. The number of benzene rings is 3. The number of piperazine rings is 1. The highest BCUT2D eigenvalue weighted by Gasteiger charge is 2.24. The van der Waals surface area contributed by atoms with Gasteiger partial charge in [-0.2, -0.15) is 0 Å². The third kappa shape index (κ3) is 4.66. The van der Waals surface area contributed by atoms with Gasteiger partial charge in [0, 0.05) is 48.6 Å². The molecule has 5 nitrogen and oxygen atoms in total. The first-order valence-corrected chi connectivity index (χ1v) is 11.2. The zero-order valence-electron chi connectivity index (χ0n) is 17.9. The molecule has 0 aliphatic carbocycles. The van der Waals surface area contributed by atoms with Gasteiger partial charge in [-0.3, -0.25) is 4.79 Å². The van der Waals surface area contributed by atoms with Gasteiger partial charge < -0.3 is 9.80 Å². The summed E-state index contributed by atoms with van der Waals surface area (Å²) in [7, 11) is 0. The summed E-state index contributed by atoms with van der Waals surface area (Å²) >= 11 is 6.25. The Morgan fingerprint density at radius 2 is 1.64 bits per heavy atom. The Morgan fingerprint density at radius 3 is 2.36 bits per heavy atom. The molecule has 5 rings (SSSR count). The van der Waals surface area contributed by atoms with Crippen molar-refractivity contribution in [3.8, 4) is 0 Å². The van der Waals surface area contributed by atoms with Gasteiger partial charge in [0.25, 0.3) is 5.91 Å². The van der Waals surface area contributed by atoms with Crippen LogP contribution < -0.4 is 4.90 Å². The Bertz CT molecular complexity index is 1290. The van der Waals surface area contributed by atoms with Crippen LogP contribution in [0.1, 0.15) is 21.7 Å². The van der Waals surface area contributed by atoms with Gasteiger partial charge in [-0.25, -0.2) is 14.4 Å². The number of fused-ring (bicyclic) bond motifs is 1. The molecule has 1 fully saturated rings. The van der Waals surface area contributed by atoms with Gasteiger partial charge in [-0.05, 0) is 48.0 Å². The number of halogens is 2. The number of hydrogen-bond donors (Lipinski definition) is 0. The summed E-state index contributed by atoms with van der Waals surface area (Å²) < 4.78 is 13.2. The molecule has 1 saturated heterocycles. The van der Waals surface area contributed by atoms with Crippen molar-refractivity contribution in [2.75, 3.05) is 31.1 Å². The van der Waals surface area contributed by atoms with E-state index >= 15 is 0 Å². The summed E-state index contributed by atoms with van der Waals surface area (Å²) in [5.74, 6) is 1.16. The number of aromatic nitrogens is 2. The van der Waals surface area contributed by atoms with Crippen molar-refractivity contribution in [2.24, 2.45) is 0 Å². The van der Waals surface area contributed by atoms with E-state index in [4.69, 9.17) is 21.6 Å². The van der Waals surface area contributed by atoms with Gasteiger partial charge in [0.15, 0.2) is 0 Å². The molecule has 1 aromatic heterocycles. The van der Waals surface area contributed by atoms with E-state index in [1.807, 2.05) is 36.4 Å². The molecule has 1 aliphatic rings. The first-order chi connectivity index (χ1) is 16.1. The minimum Gasteiger partial charge on any atom is -0.352 e. The number of rotatable bonds is 4. The van der Waals surface area contributed by atoms with Crippen LogP contribution in [0, 0.1) is 5.82 Å². The summed E-state index contributed by atoms with van der Waals surface area (Å²) in [5, 5.41) is 1.57. The van der Waals surface area contributed by atoms with E-state index in [2.05, 4.69) is 17.0 Å². The molecule has 1 amide bonds. The number of nitrogens with zero attached hydrogens (tertiary/aromatic N) is 4. The van der Waals surface area contributed by atoms with Gasteiger partial charge in [-0.15, -0.1) is 0 Å². The molecule has 33 heavy (non-hydrogen) atoms. The van der Waals surface area contributed by atoms with Crippen molar-refractivity contribution in [2.45, 2.75) is 6.42 Å². The quantitative estimate of drug-likeness (QED) is 0.431. The molecular weight excluding hydrogens is 439 g/mol. The maximum atomic E-state index is 13.2. The zero-order chi connectivity index (χ0) is 22.8. The third-order valence-electron chi connectivity index (χ3n) is 5.85. The minimum absolute atomic E-state index is 0.0845. The minimum atomic E-state index is -0.349. The van der Waals surface area contributed by atoms with E-state index in [9.17, 15) is 9.18 Å². The molecule has 0 N–H and O–H groups in total. The molecule has 0 radical (unpaired) electrons. The highest BCUT2D eigenvalue weighted by atomic mass is 35.5. The standard InChI is InChI=1S/C26H22ClFN4O/c27-20-8-11-22-23(17-20)29-24(16-18-4-2-1-3-5-18)30-25(22)31-12-14-32(15-13-31)26(33)19-6-9-21(28)10-7-19/h1-11,17H,12-16H2. The zero-order valence-corrected chi connectivity index (χ0v) is 18.7. The Hall–Kier alpha value is -3.51. The summed E-state index contributed by atoms with van der Waals surface area (Å²) in [6, 6.07) is 21.5. The van der Waals surface area contributed by atoms with Crippen molar-refractivity contribution in [1.82, 2.24) is 14.9 Å². The normalized spacial score (nSPS) is 14.0. The second kappa shape index (κ2) is 9.16.